The van der Waals surface area contributed by atoms with Crippen LogP contribution in [0.4, 0.5) is 0 Å². The fourth-order valence-corrected chi connectivity index (χ4v) is 3.97. The number of fused-ring (bicyclic) bond motifs is 1. The second kappa shape index (κ2) is 9.54. The first kappa shape index (κ1) is 22.0. The van der Waals surface area contributed by atoms with Gasteiger partial charge in [-0.3, -0.25) is 14.5 Å². The van der Waals surface area contributed by atoms with Crippen molar-refractivity contribution in [3.8, 4) is 5.75 Å². The van der Waals surface area contributed by atoms with E-state index in [-0.39, 0.29) is 17.2 Å². The quantitative estimate of drug-likeness (QED) is 0.639. The number of morpholine rings is 1. The number of methoxy groups -OCH3 is 1. The Balaban J connectivity index is 1.56. The summed E-state index contributed by atoms with van der Waals surface area (Å²) in [6, 6.07) is 12.7. The lowest BCUT2D eigenvalue weighted by atomic mass is 10.0. The van der Waals surface area contributed by atoms with E-state index in [4.69, 9.17) is 13.9 Å². The van der Waals surface area contributed by atoms with Gasteiger partial charge in [-0.1, -0.05) is 12.1 Å². The maximum atomic E-state index is 12.9. The summed E-state index contributed by atoms with van der Waals surface area (Å²) in [7, 11) is 1.63. The van der Waals surface area contributed by atoms with Crippen molar-refractivity contribution >= 4 is 16.9 Å². The standard InChI is InChI=1S/C25H28N2O5/c1-16-12-20-22(28)14-24(32-23(20)13-17(16)2)25(29)26-15-21(27-8-10-31-11-9-27)18-4-6-19(30-3)7-5-18/h4-7,12-14,21H,8-11,15H2,1-3H3,(H,26,29)/t21-/m1/s1. The molecule has 0 radical (unpaired) electrons. The number of ether oxygens (including phenoxy) is 2. The van der Waals surface area contributed by atoms with Gasteiger partial charge in [0.05, 0.1) is 31.8 Å². The van der Waals surface area contributed by atoms with Gasteiger partial charge in [0.2, 0.25) is 0 Å². The third-order valence-corrected chi connectivity index (χ3v) is 6.01. The number of hydrogen-bond donors (Lipinski definition) is 1. The molecule has 1 atom stereocenters. The second-order valence-electron chi connectivity index (χ2n) is 8.05. The summed E-state index contributed by atoms with van der Waals surface area (Å²) in [5, 5.41) is 3.44. The first-order valence-electron chi connectivity index (χ1n) is 10.8. The van der Waals surface area contributed by atoms with Crippen LogP contribution in [0.1, 0.15) is 33.3 Å². The normalized spacial score (nSPS) is 15.5. The maximum absolute atomic E-state index is 12.9. The highest BCUT2D eigenvalue weighted by Gasteiger charge is 2.24. The van der Waals surface area contributed by atoms with Crippen LogP contribution in [-0.2, 0) is 4.74 Å². The van der Waals surface area contributed by atoms with E-state index in [1.165, 1.54) is 6.07 Å². The summed E-state index contributed by atoms with van der Waals surface area (Å²) in [5.74, 6) is 0.386. The Labute approximate surface area is 186 Å². The molecule has 2 aromatic carbocycles. The monoisotopic (exact) mass is 436 g/mol. The van der Waals surface area contributed by atoms with Crippen molar-refractivity contribution in [2.24, 2.45) is 0 Å². The molecule has 0 aliphatic carbocycles. The van der Waals surface area contributed by atoms with Crippen molar-refractivity contribution in [2.45, 2.75) is 19.9 Å². The Morgan fingerprint density at radius 2 is 1.78 bits per heavy atom. The Morgan fingerprint density at radius 3 is 2.47 bits per heavy atom. The Morgan fingerprint density at radius 1 is 1.09 bits per heavy atom. The third-order valence-electron chi connectivity index (χ3n) is 6.01. The van der Waals surface area contributed by atoms with Gasteiger partial charge in [-0.2, -0.15) is 0 Å². The minimum Gasteiger partial charge on any atom is -0.497 e. The average Bonchev–Trinajstić information content (AvgIpc) is 2.81. The number of benzene rings is 2. The van der Waals surface area contributed by atoms with Gasteiger partial charge in [-0.05, 0) is 54.8 Å². The molecular weight excluding hydrogens is 408 g/mol. The van der Waals surface area contributed by atoms with Gasteiger partial charge in [0.1, 0.15) is 11.3 Å². The van der Waals surface area contributed by atoms with Crippen molar-refractivity contribution in [3.05, 3.63) is 75.1 Å². The van der Waals surface area contributed by atoms with E-state index >= 15 is 0 Å². The van der Waals surface area contributed by atoms with Crippen LogP contribution < -0.4 is 15.5 Å². The van der Waals surface area contributed by atoms with Crippen molar-refractivity contribution in [1.82, 2.24) is 10.2 Å². The molecule has 0 unspecified atom stereocenters. The zero-order valence-corrected chi connectivity index (χ0v) is 18.6. The molecular formula is C25H28N2O5. The highest BCUT2D eigenvalue weighted by Crippen LogP contribution is 2.24. The molecule has 0 bridgehead atoms. The molecule has 0 spiro atoms. The summed E-state index contributed by atoms with van der Waals surface area (Å²) in [6.45, 7) is 7.12. The highest BCUT2D eigenvalue weighted by molar-refractivity contribution is 5.93. The fraction of sp³-hybridized carbons (Fsp3) is 0.360. The summed E-state index contributed by atoms with van der Waals surface area (Å²) < 4.78 is 16.5. The molecule has 0 saturated carbocycles. The smallest absolute Gasteiger partial charge is 0.287 e. The van der Waals surface area contributed by atoms with Crippen molar-refractivity contribution in [2.75, 3.05) is 40.0 Å². The first-order chi connectivity index (χ1) is 15.5. The van der Waals surface area contributed by atoms with Crippen molar-refractivity contribution < 1.29 is 18.7 Å². The predicted molar refractivity (Wildman–Crippen MR) is 122 cm³/mol. The SMILES string of the molecule is COc1ccc([C@@H](CNC(=O)c2cc(=O)c3cc(C)c(C)cc3o2)N2CCOCC2)cc1. The van der Waals surface area contributed by atoms with Crippen LogP contribution in [0.15, 0.2) is 51.7 Å². The third kappa shape index (κ3) is 4.69. The first-order valence-corrected chi connectivity index (χ1v) is 10.8. The summed E-state index contributed by atoms with van der Waals surface area (Å²) in [5.41, 5.74) is 3.28. The number of rotatable bonds is 6. The van der Waals surface area contributed by atoms with Crippen LogP contribution in [0, 0.1) is 13.8 Å². The van der Waals surface area contributed by atoms with Crippen molar-refractivity contribution in [1.29, 1.82) is 0 Å². The van der Waals surface area contributed by atoms with Crippen LogP contribution >= 0.6 is 0 Å². The number of nitrogens with one attached hydrogen (secondary N) is 1. The number of carbonyl (C=O) groups is 1. The number of hydrogen-bond acceptors (Lipinski definition) is 6. The van der Waals surface area contributed by atoms with Crippen LogP contribution in [0.25, 0.3) is 11.0 Å². The Bertz CT molecular complexity index is 1160. The highest BCUT2D eigenvalue weighted by atomic mass is 16.5. The minimum absolute atomic E-state index is 0.0150. The van der Waals surface area contributed by atoms with Gasteiger partial charge in [-0.25, -0.2) is 0 Å². The summed E-state index contributed by atoms with van der Waals surface area (Å²) in [6.07, 6.45) is 0. The largest absolute Gasteiger partial charge is 0.497 e. The van der Waals surface area contributed by atoms with Crippen LogP contribution in [0.2, 0.25) is 0 Å². The molecule has 1 aliphatic rings. The lowest BCUT2D eigenvalue weighted by molar-refractivity contribution is 0.0161. The van der Waals surface area contributed by atoms with E-state index in [1.54, 1.807) is 19.2 Å². The summed E-state index contributed by atoms with van der Waals surface area (Å²) in [4.78, 5) is 27.8. The molecule has 32 heavy (non-hydrogen) atoms. The molecule has 2 heterocycles. The molecule has 7 nitrogen and oxygen atoms in total. The van der Waals surface area contributed by atoms with Gasteiger partial charge in [0.15, 0.2) is 11.2 Å². The lowest BCUT2D eigenvalue weighted by Crippen LogP contribution is -2.43. The number of aryl methyl sites for hydroxylation is 2. The van der Waals surface area contributed by atoms with E-state index in [2.05, 4.69) is 10.2 Å². The number of nitrogens with zero attached hydrogens (tertiary/aromatic N) is 1. The van der Waals surface area contributed by atoms with Gasteiger partial charge >= 0.3 is 0 Å². The molecule has 1 aliphatic heterocycles. The van der Waals surface area contributed by atoms with E-state index in [0.29, 0.717) is 30.7 Å². The van der Waals surface area contributed by atoms with Crippen LogP contribution in [0.5, 0.6) is 5.75 Å². The van der Waals surface area contributed by atoms with Gasteiger partial charge in [0, 0.05) is 25.7 Å². The van der Waals surface area contributed by atoms with Gasteiger partial charge in [-0.15, -0.1) is 0 Å². The molecule has 3 aromatic rings. The van der Waals surface area contributed by atoms with Crippen LogP contribution in [0.3, 0.4) is 0 Å². The van der Waals surface area contributed by atoms with Gasteiger partial charge in [0.25, 0.3) is 5.91 Å². The lowest BCUT2D eigenvalue weighted by Gasteiger charge is -2.35. The number of amides is 1. The maximum Gasteiger partial charge on any atom is 0.287 e. The van der Waals surface area contributed by atoms with Crippen molar-refractivity contribution in [3.63, 3.8) is 0 Å². The molecule has 1 fully saturated rings. The molecule has 1 saturated heterocycles. The minimum atomic E-state index is -0.408. The second-order valence-corrected chi connectivity index (χ2v) is 8.05. The Hall–Kier alpha value is -3.16. The zero-order chi connectivity index (χ0) is 22.7. The van der Waals surface area contributed by atoms with Crippen LogP contribution in [-0.4, -0.2) is 50.8 Å². The molecule has 1 amide bonds. The summed E-state index contributed by atoms with van der Waals surface area (Å²) >= 11 is 0. The zero-order valence-electron chi connectivity index (χ0n) is 18.6. The molecule has 1 aromatic heterocycles. The average molecular weight is 437 g/mol. The Kier molecular flexibility index (Phi) is 6.58. The predicted octanol–water partition coefficient (Wildman–Crippen LogP) is 3.22. The molecule has 4 rings (SSSR count). The van der Waals surface area contributed by atoms with E-state index in [9.17, 15) is 9.59 Å². The number of carbonyl (C=O) groups excluding carboxylic acids is 1. The van der Waals surface area contributed by atoms with Gasteiger partial charge < -0.3 is 19.2 Å². The molecule has 7 heteroatoms. The van der Waals surface area contributed by atoms with E-state index < -0.39 is 5.91 Å². The topological polar surface area (TPSA) is 81.0 Å². The van der Waals surface area contributed by atoms with E-state index in [1.807, 2.05) is 38.1 Å². The fourth-order valence-electron chi connectivity index (χ4n) is 3.97. The molecule has 168 valence electrons. The van der Waals surface area contributed by atoms with E-state index in [0.717, 1.165) is 35.5 Å². The molecule has 1 N–H and O–H groups in total.